The molecule has 0 saturated heterocycles. The average molecular weight is 914 g/mol. The molecule has 228 valence electrons. The molecule has 42 heavy (non-hydrogen) atoms. The Labute approximate surface area is 279 Å². The second kappa shape index (κ2) is 20.1. The molecule has 4 rings (SSSR count). The molecule has 0 bridgehead atoms. The Hall–Kier alpha value is -2.82. The number of rotatable bonds is 2. The summed E-state index contributed by atoms with van der Waals surface area (Å²) in [6, 6.07) is 7.57. The maximum atomic E-state index is 9.02. The van der Waals surface area contributed by atoms with Gasteiger partial charge in [0.15, 0.2) is 0 Å². The molecule has 0 fully saturated rings. The van der Waals surface area contributed by atoms with Crippen molar-refractivity contribution in [3.8, 4) is 23.3 Å². The van der Waals surface area contributed by atoms with Crippen LogP contribution in [0.2, 0.25) is 0 Å². The average Bonchev–Trinajstić information content (AvgIpc) is 2.89. The molecule has 0 spiro atoms. The second-order valence-electron chi connectivity index (χ2n) is 9.47. The molecule has 0 amide bonds. The van der Waals surface area contributed by atoms with Gasteiger partial charge in [-0.05, 0) is 70.5 Å². The first-order valence-electron chi connectivity index (χ1n) is 12.8. The number of aryl methyl sites for hydroxylation is 10. The van der Waals surface area contributed by atoms with Gasteiger partial charge in [0.05, 0.1) is 25.8 Å². The molecule has 4 aromatic heterocycles. The summed E-state index contributed by atoms with van der Waals surface area (Å²) in [7, 11) is 3.31. The van der Waals surface area contributed by atoms with Crippen LogP contribution in [0.4, 0.5) is 0 Å². The summed E-state index contributed by atoms with van der Waals surface area (Å²) < 4.78 is 10.2. The van der Waals surface area contributed by atoms with Gasteiger partial charge >= 0.3 is 0 Å². The Kier molecular flexibility index (Phi) is 19.8. The van der Waals surface area contributed by atoms with Crippen molar-refractivity contribution in [3.05, 3.63) is 92.8 Å². The fraction of sp³-hybridized carbons (Fsp3) is 0.375. The van der Waals surface area contributed by atoms with Gasteiger partial charge in [-0.1, -0.05) is 40.1 Å². The van der Waals surface area contributed by atoms with E-state index in [0.29, 0.717) is 5.69 Å². The van der Waals surface area contributed by atoms with Crippen molar-refractivity contribution in [2.75, 3.05) is 14.2 Å². The van der Waals surface area contributed by atoms with E-state index < -0.39 is 0 Å². The predicted molar refractivity (Wildman–Crippen MR) is 158 cm³/mol. The summed E-state index contributed by atoms with van der Waals surface area (Å²) in [4.78, 5) is 16.0. The first-order valence-corrected chi connectivity index (χ1v) is 12.8. The predicted octanol–water partition coefficient (Wildman–Crippen LogP) is 6.43. The molecule has 8 nitrogen and oxygen atoms in total. The zero-order valence-corrected chi connectivity index (χ0v) is 32.5. The van der Waals surface area contributed by atoms with Gasteiger partial charge in [-0.2, -0.15) is 6.07 Å². The summed E-state index contributed by atoms with van der Waals surface area (Å²) >= 11 is 0. The number of ether oxygens (including phenoxy) is 2. The zero-order chi connectivity index (χ0) is 30.6. The minimum absolute atomic E-state index is 0. The normalized spacial score (nSPS) is 9.24. The van der Waals surface area contributed by atoms with E-state index in [1.807, 2.05) is 67.5 Å². The molecular weight excluding hydrogens is 872 g/mol. The number of hydrogen-bond donors (Lipinski definition) is 2. The van der Waals surface area contributed by atoms with Crippen LogP contribution in [0.3, 0.4) is 0 Å². The second-order valence-corrected chi connectivity index (χ2v) is 9.47. The van der Waals surface area contributed by atoms with Crippen LogP contribution in [0.15, 0.2) is 24.3 Å². The summed E-state index contributed by atoms with van der Waals surface area (Å²) in [6.07, 6.45) is 5.37. The Bertz CT molecular complexity index is 1310. The number of pyridine rings is 4. The summed E-state index contributed by atoms with van der Waals surface area (Å²) in [6.45, 7) is 19.3. The first kappa shape index (κ1) is 41.3. The third-order valence-electron chi connectivity index (χ3n) is 5.88. The van der Waals surface area contributed by atoms with E-state index in [1.165, 1.54) is 11.1 Å². The van der Waals surface area contributed by atoms with Gasteiger partial charge in [0.1, 0.15) is 5.75 Å². The SMILES string of the molecule is COc1cc(C)c(C)nc1C.COc1nc(C)c(C)cc1C.Cc1[c-]nc(C)c(O)c1.Cc1[c-]nc(O)c(C)c1.[W].[W]. The van der Waals surface area contributed by atoms with Crippen LogP contribution in [-0.4, -0.2) is 44.4 Å². The summed E-state index contributed by atoms with van der Waals surface area (Å²) in [5.41, 5.74) is 9.77. The van der Waals surface area contributed by atoms with E-state index in [0.717, 1.165) is 51.0 Å². The maximum absolute atomic E-state index is 9.02. The van der Waals surface area contributed by atoms with Crippen molar-refractivity contribution >= 4 is 0 Å². The number of hydrogen-bond acceptors (Lipinski definition) is 8. The Morgan fingerprint density at radius 1 is 0.548 bits per heavy atom. The van der Waals surface area contributed by atoms with E-state index in [9.17, 15) is 0 Å². The molecule has 0 radical (unpaired) electrons. The molecule has 0 aliphatic heterocycles. The Morgan fingerprint density at radius 3 is 1.55 bits per heavy atom. The van der Waals surface area contributed by atoms with Gasteiger partial charge in [0, 0.05) is 64.8 Å². The molecule has 10 heteroatoms. The molecule has 0 unspecified atom stereocenters. The van der Waals surface area contributed by atoms with E-state index in [4.69, 9.17) is 19.7 Å². The minimum Gasteiger partial charge on any atom is -0.550 e. The van der Waals surface area contributed by atoms with E-state index in [-0.39, 0.29) is 53.8 Å². The van der Waals surface area contributed by atoms with Crippen LogP contribution in [0.25, 0.3) is 0 Å². The van der Waals surface area contributed by atoms with Crippen LogP contribution in [-0.2, 0) is 42.1 Å². The number of aromatic nitrogens is 4. The van der Waals surface area contributed by atoms with Crippen molar-refractivity contribution in [2.45, 2.75) is 69.2 Å². The topological polar surface area (TPSA) is 110 Å². The Balaban J connectivity index is 0. The van der Waals surface area contributed by atoms with Crippen molar-refractivity contribution in [2.24, 2.45) is 0 Å². The van der Waals surface area contributed by atoms with Gasteiger partial charge in [0.25, 0.3) is 0 Å². The molecule has 0 atom stereocenters. The van der Waals surface area contributed by atoms with Crippen molar-refractivity contribution < 1.29 is 61.8 Å². The largest absolute Gasteiger partial charge is 0.550 e. The van der Waals surface area contributed by atoms with Crippen molar-refractivity contribution in [1.82, 2.24) is 19.9 Å². The molecule has 0 aromatic carbocycles. The van der Waals surface area contributed by atoms with Crippen LogP contribution in [0.1, 0.15) is 56.2 Å². The van der Waals surface area contributed by atoms with Crippen LogP contribution in [0, 0.1) is 81.6 Å². The third-order valence-corrected chi connectivity index (χ3v) is 5.88. The fourth-order valence-electron chi connectivity index (χ4n) is 3.26. The van der Waals surface area contributed by atoms with Gasteiger partial charge in [0.2, 0.25) is 5.88 Å². The fourth-order valence-corrected chi connectivity index (χ4v) is 3.26. The maximum Gasteiger partial charge on any atom is 0.216 e. The number of nitrogens with zero attached hydrogens (tertiary/aromatic N) is 4. The molecule has 4 aromatic rings. The Morgan fingerprint density at radius 2 is 1.07 bits per heavy atom. The van der Waals surface area contributed by atoms with Crippen molar-refractivity contribution in [3.63, 3.8) is 0 Å². The third kappa shape index (κ3) is 13.9. The van der Waals surface area contributed by atoms with Crippen LogP contribution < -0.4 is 9.47 Å². The van der Waals surface area contributed by atoms with Gasteiger partial charge < -0.3 is 29.7 Å². The van der Waals surface area contributed by atoms with Gasteiger partial charge in [-0.25, -0.2) is 4.98 Å². The van der Waals surface area contributed by atoms with Gasteiger partial charge in [-0.3, -0.25) is 4.98 Å². The van der Waals surface area contributed by atoms with E-state index >= 15 is 0 Å². The van der Waals surface area contributed by atoms with Crippen molar-refractivity contribution in [1.29, 1.82) is 0 Å². The molecule has 2 N–H and O–H groups in total. The van der Waals surface area contributed by atoms with E-state index in [2.05, 4.69) is 45.3 Å². The first-order chi connectivity index (χ1) is 18.7. The van der Waals surface area contributed by atoms with Crippen LogP contribution >= 0.6 is 0 Å². The zero-order valence-electron chi connectivity index (χ0n) is 26.6. The molecule has 4 heterocycles. The number of methoxy groups -OCH3 is 2. The number of aromatic hydroxyl groups is 2. The molecule has 0 saturated carbocycles. The monoisotopic (exact) mass is 914 g/mol. The smallest absolute Gasteiger partial charge is 0.216 e. The van der Waals surface area contributed by atoms with E-state index in [1.54, 1.807) is 27.2 Å². The quantitative estimate of drug-likeness (QED) is 0.222. The summed E-state index contributed by atoms with van der Waals surface area (Å²) in [5.74, 6) is 1.91. The summed E-state index contributed by atoms with van der Waals surface area (Å²) in [5, 5.41) is 17.9. The minimum atomic E-state index is 0. The standard InChI is InChI=1S/2C9H13NO.2C7H8NO.2W/c1-6-5-9(11-4)8(3)10-7(6)2;1-6-5-7(2)9(11-4)10-8(6)3;1-5-3-7(9)6(2)8-4-5;1-5-3-6(2)7(9)8-4-5;;/h2*5H,1-4H3;3,9H,1-2H3;3H,1-2H3,(H,8,9);;/q;;2*-1;;. The molecule has 0 aliphatic carbocycles. The van der Waals surface area contributed by atoms with Crippen LogP contribution in [0.5, 0.6) is 23.3 Å². The molecule has 0 aliphatic rings. The van der Waals surface area contributed by atoms with Gasteiger partial charge in [-0.15, -0.1) is 22.8 Å². The molecular formula is C32H42N4O4W2-2.